The fraction of sp³-hybridized carbons (Fsp3) is 0.545. The first-order chi connectivity index (χ1) is 8.22. The zero-order valence-corrected chi connectivity index (χ0v) is 10.1. The third-order valence-corrected chi connectivity index (χ3v) is 2.81. The number of aryl methyl sites for hydroxylation is 1. The molecule has 6 heteroatoms. The number of aromatic nitrogens is 4. The first kappa shape index (κ1) is 11.8. The monoisotopic (exact) mass is 235 g/mol. The Hall–Kier alpha value is -1.69. The lowest BCUT2D eigenvalue weighted by Gasteiger charge is -2.07. The Morgan fingerprint density at radius 1 is 1.53 bits per heavy atom. The van der Waals surface area contributed by atoms with E-state index in [1.807, 2.05) is 13.2 Å². The fourth-order valence-electron chi connectivity index (χ4n) is 1.63. The molecule has 1 unspecified atom stereocenters. The normalized spacial score (nSPS) is 12.9. The summed E-state index contributed by atoms with van der Waals surface area (Å²) in [5, 5.41) is 8.01. The highest BCUT2D eigenvalue weighted by atomic mass is 16.5. The van der Waals surface area contributed by atoms with Gasteiger partial charge in [0.2, 0.25) is 11.7 Å². The smallest absolute Gasteiger partial charge is 0.227 e. The minimum Gasteiger partial charge on any atom is -0.339 e. The molecule has 2 aromatic heterocycles. The minimum absolute atomic E-state index is 0.400. The summed E-state index contributed by atoms with van der Waals surface area (Å²) in [7, 11) is 1.85. The van der Waals surface area contributed by atoms with Gasteiger partial charge >= 0.3 is 0 Å². The van der Waals surface area contributed by atoms with E-state index in [0.29, 0.717) is 24.2 Å². The molecule has 0 saturated carbocycles. The molecular weight excluding hydrogens is 218 g/mol. The van der Waals surface area contributed by atoms with Crippen molar-refractivity contribution in [1.82, 2.24) is 19.9 Å². The Bertz CT molecular complexity index is 472. The van der Waals surface area contributed by atoms with Gasteiger partial charge in [-0.2, -0.15) is 10.1 Å². The summed E-state index contributed by atoms with van der Waals surface area (Å²) in [5.74, 6) is 1.62. The van der Waals surface area contributed by atoms with Crippen LogP contribution in [-0.4, -0.2) is 26.5 Å². The standard InChI is InChI=1S/C11H17N5O/c1-3-8(5-12)4-10-14-11(15-17-10)9-6-13-16(2)7-9/h6-8H,3-5,12H2,1-2H3. The van der Waals surface area contributed by atoms with Crippen LogP contribution in [0.15, 0.2) is 16.9 Å². The summed E-state index contributed by atoms with van der Waals surface area (Å²) in [4.78, 5) is 4.34. The molecule has 0 fully saturated rings. The summed E-state index contributed by atoms with van der Waals surface area (Å²) in [6.45, 7) is 2.75. The maximum atomic E-state index is 5.65. The van der Waals surface area contributed by atoms with Crippen LogP contribution in [0.5, 0.6) is 0 Å². The van der Waals surface area contributed by atoms with Crippen molar-refractivity contribution >= 4 is 0 Å². The SMILES string of the molecule is CCC(CN)Cc1nc(-c2cnn(C)c2)no1. The molecule has 0 saturated heterocycles. The molecule has 2 aromatic rings. The van der Waals surface area contributed by atoms with Crippen molar-refractivity contribution in [3.05, 3.63) is 18.3 Å². The van der Waals surface area contributed by atoms with Crippen LogP contribution in [0.25, 0.3) is 11.4 Å². The average Bonchev–Trinajstić information content (AvgIpc) is 2.94. The van der Waals surface area contributed by atoms with Crippen LogP contribution >= 0.6 is 0 Å². The van der Waals surface area contributed by atoms with E-state index in [9.17, 15) is 0 Å². The van der Waals surface area contributed by atoms with Gasteiger partial charge in [-0.05, 0) is 12.5 Å². The van der Waals surface area contributed by atoms with E-state index < -0.39 is 0 Å². The molecule has 0 aromatic carbocycles. The van der Waals surface area contributed by atoms with Gasteiger partial charge in [-0.1, -0.05) is 18.5 Å². The van der Waals surface area contributed by atoms with E-state index in [2.05, 4.69) is 22.2 Å². The molecule has 0 aliphatic rings. The lowest BCUT2D eigenvalue weighted by atomic mass is 10.0. The molecule has 0 spiro atoms. The first-order valence-corrected chi connectivity index (χ1v) is 5.74. The van der Waals surface area contributed by atoms with Crippen molar-refractivity contribution in [2.24, 2.45) is 18.7 Å². The molecule has 2 rings (SSSR count). The molecular formula is C11H17N5O. The van der Waals surface area contributed by atoms with E-state index in [0.717, 1.165) is 18.4 Å². The van der Waals surface area contributed by atoms with Crippen LogP contribution in [-0.2, 0) is 13.5 Å². The van der Waals surface area contributed by atoms with Gasteiger partial charge in [0.15, 0.2) is 0 Å². The molecule has 0 aliphatic carbocycles. The highest BCUT2D eigenvalue weighted by molar-refractivity contribution is 5.50. The molecule has 6 nitrogen and oxygen atoms in total. The Kier molecular flexibility index (Phi) is 3.53. The zero-order chi connectivity index (χ0) is 12.3. The molecule has 2 N–H and O–H groups in total. The van der Waals surface area contributed by atoms with Gasteiger partial charge in [0.25, 0.3) is 0 Å². The third-order valence-electron chi connectivity index (χ3n) is 2.81. The second kappa shape index (κ2) is 5.09. The highest BCUT2D eigenvalue weighted by Gasteiger charge is 2.13. The number of nitrogens with zero attached hydrogens (tertiary/aromatic N) is 4. The lowest BCUT2D eigenvalue weighted by molar-refractivity contribution is 0.350. The zero-order valence-electron chi connectivity index (χ0n) is 10.1. The van der Waals surface area contributed by atoms with Gasteiger partial charge in [0.05, 0.1) is 11.8 Å². The number of nitrogens with two attached hydrogens (primary N) is 1. The van der Waals surface area contributed by atoms with Crippen molar-refractivity contribution in [2.45, 2.75) is 19.8 Å². The predicted molar refractivity (Wildman–Crippen MR) is 63.0 cm³/mol. The van der Waals surface area contributed by atoms with Gasteiger partial charge in [-0.3, -0.25) is 4.68 Å². The highest BCUT2D eigenvalue weighted by Crippen LogP contribution is 2.16. The molecule has 92 valence electrons. The number of rotatable bonds is 5. The minimum atomic E-state index is 0.400. The molecule has 0 bridgehead atoms. The van der Waals surface area contributed by atoms with Crippen LogP contribution in [0.3, 0.4) is 0 Å². The van der Waals surface area contributed by atoms with Crippen molar-refractivity contribution in [1.29, 1.82) is 0 Å². The van der Waals surface area contributed by atoms with E-state index in [1.165, 1.54) is 0 Å². The van der Waals surface area contributed by atoms with Crippen molar-refractivity contribution in [3.63, 3.8) is 0 Å². The molecule has 0 radical (unpaired) electrons. The largest absolute Gasteiger partial charge is 0.339 e. The van der Waals surface area contributed by atoms with Crippen LogP contribution in [0.2, 0.25) is 0 Å². The van der Waals surface area contributed by atoms with E-state index in [4.69, 9.17) is 10.3 Å². The number of hydrogen-bond donors (Lipinski definition) is 1. The summed E-state index contributed by atoms with van der Waals surface area (Å²) in [5.41, 5.74) is 6.51. The van der Waals surface area contributed by atoms with Gasteiger partial charge in [-0.15, -0.1) is 0 Å². The van der Waals surface area contributed by atoms with E-state index in [-0.39, 0.29) is 0 Å². The van der Waals surface area contributed by atoms with Crippen LogP contribution in [0.4, 0.5) is 0 Å². The van der Waals surface area contributed by atoms with Gasteiger partial charge in [-0.25, -0.2) is 0 Å². The van der Waals surface area contributed by atoms with Gasteiger partial charge < -0.3 is 10.3 Å². The van der Waals surface area contributed by atoms with Crippen LogP contribution < -0.4 is 5.73 Å². The van der Waals surface area contributed by atoms with Crippen LogP contribution in [0.1, 0.15) is 19.2 Å². The van der Waals surface area contributed by atoms with Crippen LogP contribution in [0, 0.1) is 5.92 Å². The molecule has 1 atom stereocenters. The average molecular weight is 235 g/mol. The maximum Gasteiger partial charge on any atom is 0.227 e. The van der Waals surface area contributed by atoms with E-state index >= 15 is 0 Å². The van der Waals surface area contributed by atoms with E-state index in [1.54, 1.807) is 10.9 Å². The Labute approximate surface area is 99.8 Å². The quantitative estimate of drug-likeness (QED) is 0.835. The molecule has 17 heavy (non-hydrogen) atoms. The lowest BCUT2D eigenvalue weighted by Crippen LogP contribution is -2.15. The Morgan fingerprint density at radius 3 is 2.94 bits per heavy atom. The van der Waals surface area contributed by atoms with Gasteiger partial charge in [0.1, 0.15) is 0 Å². The van der Waals surface area contributed by atoms with Gasteiger partial charge in [0, 0.05) is 19.7 Å². The molecule has 2 heterocycles. The summed E-state index contributed by atoms with van der Waals surface area (Å²) in [6.07, 6.45) is 5.32. The summed E-state index contributed by atoms with van der Waals surface area (Å²) < 4.78 is 6.92. The first-order valence-electron chi connectivity index (χ1n) is 5.74. The second-order valence-electron chi connectivity index (χ2n) is 4.13. The Morgan fingerprint density at radius 2 is 2.35 bits per heavy atom. The Balaban J connectivity index is 2.10. The topological polar surface area (TPSA) is 82.8 Å². The van der Waals surface area contributed by atoms with Crippen molar-refractivity contribution in [2.75, 3.05) is 6.54 Å². The summed E-state index contributed by atoms with van der Waals surface area (Å²) >= 11 is 0. The third kappa shape index (κ3) is 2.71. The molecule has 0 aliphatic heterocycles. The summed E-state index contributed by atoms with van der Waals surface area (Å²) in [6, 6.07) is 0. The van der Waals surface area contributed by atoms with Crippen molar-refractivity contribution < 1.29 is 4.52 Å². The second-order valence-corrected chi connectivity index (χ2v) is 4.13. The predicted octanol–water partition coefficient (Wildman–Crippen LogP) is 0.997. The molecule has 0 amide bonds. The maximum absolute atomic E-state index is 5.65. The van der Waals surface area contributed by atoms with Crippen molar-refractivity contribution in [3.8, 4) is 11.4 Å². The fourth-order valence-corrected chi connectivity index (χ4v) is 1.63. The number of hydrogen-bond acceptors (Lipinski definition) is 5.